The summed E-state index contributed by atoms with van der Waals surface area (Å²) in [4.78, 5) is 39.6. The number of amides is 1. The Morgan fingerprint density at radius 3 is 2.93 bits per heavy atom. The van der Waals surface area contributed by atoms with Crippen LogP contribution < -0.4 is 5.56 Å². The highest BCUT2D eigenvalue weighted by Gasteiger charge is 2.45. The molecule has 3 aromatic heterocycles. The number of piperidine rings is 1. The molecule has 29 heavy (non-hydrogen) atoms. The van der Waals surface area contributed by atoms with E-state index in [2.05, 4.69) is 15.1 Å². The molecule has 1 atom stereocenters. The average molecular weight is 390 g/mol. The van der Waals surface area contributed by atoms with Gasteiger partial charge in [0.05, 0.1) is 17.5 Å². The molecule has 1 aliphatic carbocycles. The van der Waals surface area contributed by atoms with Gasteiger partial charge in [0.25, 0.3) is 11.5 Å². The second-order valence-electron chi connectivity index (χ2n) is 8.00. The molecule has 1 aliphatic heterocycles. The first kappa shape index (κ1) is 17.8. The molecule has 1 unspecified atom stereocenters. The number of nitrogens with zero attached hydrogens (tertiary/aromatic N) is 5. The van der Waals surface area contributed by atoms with Crippen LogP contribution in [0.3, 0.4) is 0 Å². The Kier molecular flexibility index (Phi) is 4.08. The van der Waals surface area contributed by atoms with E-state index in [1.165, 1.54) is 0 Å². The molecule has 2 aliphatic rings. The monoisotopic (exact) mass is 390 g/mol. The van der Waals surface area contributed by atoms with Gasteiger partial charge in [-0.3, -0.25) is 19.3 Å². The molecular formula is C21H22N6O2. The van der Waals surface area contributed by atoms with Gasteiger partial charge in [-0.2, -0.15) is 5.10 Å². The van der Waals surface area contributed by atoms with Gasteiger partial charge in [-0.15, -0.1) is 0 Å². The van der Waals surface area contributed by atoms with Crippen LogP contribution in [0.1, 0.15) is 40.9 Å². The Morgan fingerprint density at radius 1 is 1.28 bits per heavy atom. The van der Waals surface area contributed by atoms with Crippen LogP contribution in [-0.2, 0) is 18.9 Å². The van der Waals surface area contributed by atoms with Crippen molar-refractivity contribution in [2.75, 3.05) is 13.1 Å². The van der Waals surface area contributed by atoms with Crippen molar-refractivity contribution in [3.8, 4) is 11.4 Å². The van der Waals surface area contributed by atoms with Crippen LogP contribution in [0.4, 0.5) is 0 Å². The van der Waals surface area contributed by atoms with Crippen LogP contribution >= 0.6 is 0 Å². The molecule has 1 N–H and O–H groups in total. The van der Waals surface area contributed by atoms with Crippen LogP contribution in [0, 0.1) is 0 Å². The number of rotatable bonds is 2. The van der Waals surface area contributed by atoms with Gasteiger partial charge < -0.3 is 9.88 Å². The van der Waals surface area contributed by atoms with E-state index >= 15 is 0 Å². The molecular weight excluding hydrogens is 368 g/mol. The lowest BCUT2D eigenvalue weighted by atomic mass is 9.77. The second kappa shape index (κ2) is 6.65. The maximum atomic E-state index is 13.0. The minimum Gasteiger partial charge on any atom is -0.338 e. The van der Waals surface area contributed by atoms with Crippen molar-refractivity contribution >= 4 is 5.91 Å². The highest BCUT2D eigenvalue weighted by molar-refractivity contribution is 5.93. The summed E-state index contributed by atoms with van der Waals surface area (Å²) in [7, 11) is 1.80. The van der Waals surface area contributed by atoms with Gasteiger partial charge in [-0.25, -0.2) is 4.98 Å². The number of nitrogens with one attached hydrogen (secondary N) is 1. The quantitative estimate of drug-likeness (QED) is 0.718. The summed E-state index contributed by atoms with van der Waals surface area (Å²) in [6.45, 7) is 1.29. The molecule has 0 aromatic carbocycles. The van der Waals surface area contributed by atoms with Crippen LogP contribution in [0.2, 0.25) is 0 Å². The number of aromatic nitrogens is 5. The normalized spacial score (nSPS) is 20.8. The third-order valence-corrected chi connectivity index (χ3v) is 6.12. The maximum Gasteiger partial charge on any atom is 0.257 e. The SMILES string of the molecule is Cn1cc(C(=O)N2CCCC3(CCc4c3nc(-c3cccnc3)[nH]c4=O)C2)cn1. The molecule has 8 nitrogen and oxygen atoms in total. The first-order chi connectivity index (χ1) is 14.1. The summed E-state index contributed by atoms with van der Waals surface area (Å²) in [5.74, 6) is 0.529. The minimum absolute atomic E-state index is 0.0112. The third-order valence-electron chi connectivity index (χ3n) is 6.12. The second-order valence-corrected chi connectivity index (χ2v) is 8.00. The predicted octanol–water partition coefficient (Wildman–Crippen LogP) is 1.69. The molecule has 1 fully saturated rings. The number of carbonyl (C=O) groups excluding carboxylic acids is 1. The number of fused-ring (bicyclic) bond motifs is 2. The van der Waals surface area contributed by atoms with E-state index in [0.717, 1.165) is 36.1 Å². The largest absolute Gasteiger partial charge is 0.338 e. The predicted molar refractivity (Wildman–Crippen MR) is 106 cm³/mol. The summed E-state index contributed by atoms with van der Waals surface area (Å²) in [5, 5.41) is 4.12. The Hall–Kier alpha value is -3.29. The zero-order valence-electron chi connectivity index (χ0n) is 16.3. The van der Waals surface area contributed by atoms with Crippen LogP contribution in [-0.4, -0.2) is 48.6 Å². The van der Waals surface area contributed by atoms with Gasteiger partial charge in [0, 0.05) is 55.3 Å². The number of aryl methyl sites for hydroxylation is 1. The number of likely N-dealkylation sites (tertiary alicyclic amines) is 1. The molecule has 3 aromatic rings. The number of H-pyrrole nitrogens is 1. The summed E-state index contributed by atoms with van der Waals surface area (Å²) < 4.78 is 1.64. The molecule has 1 amide bonds. The Bertz CT molecular complexity index is 1140. The fourth-order valence-electron chi connectivity index (χ4n) is 4.71. The number of pyridine rings is 1. The van der Waals surface area contributed by atoms with Gasteiger partial charge in [0.15, 0.2) is 0 Å². The topological polar surface area (TPSA) is 96.8 Å². The Morgan fingerprint density at radius 2 is 2.17 bits per heavy atom. The number of hydrogen-bond donors (Lipinski definition) is 1. The van der Waals surface area contributed by atoms with E-state index in [4.69, 9.17) is 4.98 Å². The Labute approximate surface area is 167 Å². The fourth-order valence-corrected chi connectivity index (χ4v) is 4.71. The van der Waals surface area contributed by atoms with Crippen molar-refractivity contribution in [2.45, 2.75) is 31.1 Å². The summed E-state index contributed by atoms with van der Waals surface area (Å²) >= 11 is 0. The minimum atomic E-state index is -0.267. The van der Waals surface area contributed by atoms with Gasteiger partial charge in [-0.1, -0.05) is 0 Å². The smallest absolute Gasteiger partial charge is 0.257 e. The molecule has 8 heteroatoms. The average Bonchev–Trinajstić information content (AvgIpc) is 3.33. The highest BCUT2D eigenvalue weighted by atomic mass is 16.2. The van der Waals surface area contributed by atoms with Crippen LogP contribution in [0.15, 0.2) is 41.7 Å². The first-order valence-electron chi connectivity index (χ1n) is 9.88. The van der Waals surface area contributed by atoms with E-state index in [1.807, 2.05) is 17.0 Å². The molecule has 0 saturated carbocycles. The van der Waals surface area contributed by atoms with Crippen molar-refractivity contribution in [3.63, 3.8) is 0 Å². The van der Waals surface area contributed by atoms with Crippen molar-refractivity contribution in [1.29, 1.82) is 0 Å². The van der Waals surface area contributed by atoms with Gasteiger partial charge in [0.1, 0.15) is 5.82 Å². The standard InChI is InChI=1S/C21H22N6O2/c1-26-12-15(11-23-26)20(29)27-9-3-6-21(13-27)7-5-16-17(21)24-18(25-19(16)28)14-4-2-8-22-10-14/h2,4,8,10-12H,3,5-7,9,13H2,1H3,(H,24,25,28). The zero-order chi connectivity index (χ0) is 20.0. The fraction of sp³-hybridized carbons (Fsp3) is 0.381. The van der Waals surface area contributed by atoms with E-state index in [0.29, 0.717) is 30.9 Å². The van der Waals surface area contributed by atoms with E-state index in [-0.39, 0.29) is 16.9 Å². The van der Waals surface area contributed by atoms with E-state index < -0.39 is 0 Å². The highest BCUT2D eigenvalue weighted by Crippen LogP contribution is 2.43. The molecule has 0 radical (unpaired) electrons. The first-order valence-corrected chi connectivity index (χ1v) is 9.88. The van der Waals surface area contributed by atoms with Crippen molar-refractivity contribution in [1.82, 2.24) is 29.6 Å². The van der Waals surface area contributed by atoms with Gasteiger partial charge in [-0.05, 0) is 37.8 Å². The lowest BCUT2D eigenvalue weighted by Gasteiger charge is -2.40. The van der Waals surface area contributed by atoms with Crippen molar-refractivity contribution in [3.05, 3.63) is 64.1 Å². The molecule has 1 saturated heterocycles. The van der Waals surface area contributed by atoms with Crippen molar-refractivity contribution < 1.29 is 4.79 Å². The summed E-state index contributed by atoms with van der Waals surface area (Å²) in [6, 6.07) is 3.71. The molecule has 148 valence electrons. The number of carbonyl (C=O) groups is 1. The number of hydrogen-bond acceptors (Lipinski definition) is 5. The third kappa shape index (κ3) is 2.95. The van der Waals surface area contributed by atoms with E-state index in [9.17, 15) is 9.59 Å². The zero-order valence-corrected chi connectivity index (χ0v) is 16.3. The lowest BCUT2D eigenvalue weighted by Crippen LogP contribution is -2.48. The summed E-state index contributed by atoms with van der Waals surface area (Å²) in [6.07, 6.45) is 10.1. The molecule has 0 bridgehead atoms. The molecule has 4 heterocycles. The van der Waals surface area contributed by atoms with E-state index in [1.54, 1.807) is 36.5 Å². The van der Waals surface area contributed by atoms with Crippen LogP contribution in [0.5, 0.6) is 0 Å². The maximum absolute atomic E-state index is 13.0. The lowest BCUT2D eigenvalue weighted by molar-refractivity contribution is 0.0633. The van der Waals surface area contributed by atoms with Crippen molar-refractivity contribution in [2.24, 2.45) is 7.05 Å². The Balaban J connectivity index is 1.52. The van der Waals surface area contributed by atoms with Gasteiger partial charge in [0.2, 0.25) is 0 Å². The van der Waals surface area contributed by atoms with Gasteiger partial charge >= 0.3 is 0 Å². The number of aromatic amines is 1. The molecule has 5 rings (SSSR count). The summed E-state index contributed by atoms with van der Waals surface area (Å²) in [5.41, 5.74) is 2.64. The van der Waals surface area contributed by atoms with Crippen LogP contribution in [0.25, 0.3) is 11.4 Å². The molecule has 1 spiro atoms.